The molecule has 1 saturated carbocycles. The number of hydrogen-bond acceptors (Lipinski definition) is 4. The SMILES string of the molecule is CC(/C=C/C=C(C)/C=C/[C@H]1C(C)(C)C[C@H](O)C2O[C@@]21C)=C\C=C\C=C(C)\C=C\C=C(C)\C=C\[C@@]12O[C@@H](CC1(C)C)C[C@@]2(C)O. The van der Waals surface area contributed by atoms with Crippen LogP contribution in [0.4, 0.5) is 0 Å². The summed E-state index contributed by atoms with van der Waals surface area (Å²) in [7, 11) is 0. The normalized spacial score (nSPS) is 39.2. The van der Waals surface area contributed by atoms with E-state index in [-0.39, 0.29) is 40.7 Å². The third-order valence-electron chi connectivity index (χ3n) is 10.4. The molecule has 2 bridgehead atoms. The second-order valence-electron chi connectivity index (χ2n) is 15.4. The van der Waals surface area contributed by atoms with Crippen LogP contribution in [0.25, 0.3) is 0 Å². The maximum Gasteiger partial charge on any atom is 0.120 e. The number of allylic oxidation sites excluding steroid dienone is 16. The number of rotatable bonds is 10. The van der Waals surface area contributed by atoms with E-state index in [1.165, 1.54) is 11.1 Å². The molecule has 3 heterocycles. The molecule has 4 aliphatic rings. The van der Waals surface area contributed by atoms with Gasteiger partial charge in [0.2, 0.25) is 0 Å². The Morgan fingerprint density at radius 3 is 1.73 bits per heavy atom. The first-order chi connectivity index (χ1) is 20.4. The number of hydrogen-bond donors (Lipinski definition) is 2. The predicted octanol–water partition coefficient (Wildman–Crippen LogP) is 8.83. The van der Waals surface area contributed by atoms with E-state index in [9.17, 15) is 10.2 Å². The largest absolute Gasteiger partial charge is 0.390 e. The summed E-state index contributed by atoms with van der Waals surface area (Å²) in [5, 5.41) is 21.4. The van der Waals surface area contributed by atoms with Crippen molar-refractivity contribution in [3.05, 3.63) is 107 Å². The quantitative estimate of drug-likeness (QED) is 0.194. The van der Waals surface area contributed by atoms with Gasteiger partial charge < -0.3 is 19.7 Å². The van der Waals surface area contributed by atoms with Gasteiger partial charge in [-0.2, -0.15) is 0 Å². The molecule has 3 saturated heterocycles. The average Bonchev–Trinajstić information content (AvgIpc) is 3.43. The van der Waals surface area contributed by atoms with E-state index in [1.54, 1.807) is 0 Å². The van der Waals surface area contributed by atoms with Crippen molar-refractivity contribution in [1.82, 2.24) is 0 Å². The van der Waals surface area contributed by atoms with Crippen molar-refractivity contribution in [2.45, 2.75) is 124 Å². The first-order valence-electron chi connectivity index (χ1n) is 16.3. The second-order valence-corrected chi connectivity index (χ2v) is 15.4. The van der Waals surface area contributed by atoms with Gasteiger partial charge in [0.05, 0.1) is 17.8 Å². The molecule has 0 spiro atoms. The second kappa shape index (κ2) is 12.7. The van der Waals surface area contributed by atoms with E-state index in [0.717, 1.165) is 24.0 Å². The van der Waals surface area contributed by atoms with Gasteiger partial charge >= 0.3 is 0 Å². The highest BCUT2D eigenvalue weighted by molar-refractivity contribution is 5.34. The Morgan fingerprint density at radius 2 is 1.18 bits per heavy atom. The molecule has 1 aliphatic carbocycles. The Bertz CT molecular complexity index is 1330. The van der Waals surface area contributed by atoms with Gasteiger partial charge in [-0.1, -0.05) is 129 Å². The molecule has 44 heavy (non-hydrogen) atoms. The molecule has 0 aromatic carbocycles. The molecule has 4 rings (SSSR count). The molecule has 0 aromatic rings. The Morgan fingerprint density at radius 1 is 0.659 bits per heavy atom. The fourth-order valence-corrected chi connectivity index (χ4v) is 7.98. The zero-order valence-electron chi connectivity index (χ0n) is 28.7. The Labute approximate surface area is 267 Å². The van der Waals surface area contributed by atoms with Crippen LogP contribution in [0, 0.1) is 16.7 Å². The van der Waals surface area contributed by atoms with E-state index < -0.39 is 11.2 Å². The van der Waals surface area contributed by atoms with E-state index in [2.05, 4.69) is 147 Å². The molecule has 0 amide bonds. The lowest BCUT2D eigenvalue weighted by atomic mass is 9.61. The van der Waals surface area contributed by atoms with Crippen molar-refractivity contribution < 1.29 is 19.7 Å². The minimum Gasteiger partial charge on any atom is -0.390 e. The zero-order chi connectivity index (χ0) is 32.6. The van der Waals surface area contributed by atoms with E-state index in [0.29, 0.717) is 6.42 Å². The molecule has 0 radical (unpaired) electrons. The fourth-order valence-electron chi connectivity index (χ4n) is 7.98. The van der Waals surface area contributed by atoms with E-state index >= 15 is 0 Å². The Kier molecular flexibility index (Phi) is 9.93. The fraction of sp³-hybridized carbons (Fsp3) is 0.550. The van der Waals surface area contributed by atoms with Crippen LogP contribution in [0.2, 0.25) is 0 Å². The van der Waals surface area contributed by atoms with Crippen LogP contribution in [-0.4, -0.2) is 45.3 Å². The van der Waals surface area contributed by atoms with Crippen LogP contribution in [0.3, 0.4) is 0 Å². The number of ether oxygens (including phenoxy) is 2. The van der Waals surface area contributed by atoms with E-state index in [1.807, 2.05) is 6.92 Å². The third-order valence-corrected chi connectivity index (χ3v) is 10.4. The summed E-state index contributed by atoms with van der Waals surface area (Å²) in [6, 6.07) is 0. The minimum absolute atomic E-state index is 0.000651. The highest BCUT2D eigenvalue weighted by Crippen LogP contribution is 2.61. The van der Waals surface area contributed by atoms with Crippen molar-refractivity contribution in [3.63, 3.8) is 0 Å². The number of epoxide rings is 1. The molecule has 3 aliphatic heterocycles. The van der Waals surface area contributed by atoms with Gasteiger partial charge in [-0.3, -0.25) is 0 Å². The van der Waals surface area contributed by atoms with Crippen molar-refractivity contribution in [1.29, 1.82) is 0 Å². The lowest BCUT2D eigenvalue weighted by Crippen LogP contribution is -2.56. The molecular formula is C40H56O4. The summed E-state index contributed by atoms with van der Waals surface area (Å²) in [5.41, 5.74) is 2.81. The maximum absolute atomic E-state index is 11.1. The molecule has 4 heteroatoms. The summed E-state index contributed by atoms with van der Waals surface area (Å²) in [6.45, 7) is 21.3. The van der Waals surface area contributed by atoms with Gasteiger partial charge in [0, 0.05) is 17.8 Å². The average molecular weight is 601 g/mol. The van der Waals surface area contributed by atoms with Crippen LogP contribution >= 0.6 is 0 Å². The van der Waals surface area contributed by atoms with Crippen LogP contribution < -0.4 is 0 Å². The zero-order valence-corrected chi connectivity index (χ0v) is 28.7. The summed E-state index contributed by atoms with van der Waals surface area (Å²) in [4.78, 5) is 0. The van der Waals surface area contributed by atoms with Crippen molar-refractivity contribution in [3.8, 4) is 0 Å². The van der Waals surface area contributed by atoms with E-state index in [4.69, 9.17) is 9.47 Å². The molecule has 7 atom stereocenters. The summed E-state index contributed by atoms with van der Waals surface area (Å²) >= 11 is 0. The summed E-state index contributed by atoms with van der Waals surface area (Å²) in [5.74, 6) is 0.281. The van der Waals surface area contributed by atoms with Crippen LogP contribution in [0.5, 0.6) is 0 Å². The van der Waals surface area contributed by atoms with Gasteiger partial charge in [0.25, 0.3) is 0 Å². The van der Waals surface area contributed by atoms with Gasteiger partial charge in [0.1, 0.15) is 17.3 Å². The van der Waals surface area contributed by atoms with Crippen LogP contribution in [0.1, 0.15) is 88.5 Å². The molecule has 1 unspecified atom stereocenters. The topological polar surface area (TPSA) is 62.2 Å². The van der Waals surface area contributed by atoms with Gasteiger partial charge in [-0.05, 0) is 65.9 Å². The highest BCUT2D eigenvalue weighted by atomic mass is 16.6. The Balaban J connectivity index is 1.26. The highest BCUT2D eigenvalue weighted by Gasteiger charge is 2.68. The number of aliphatic hydroxyl groups is 2. The maximum atomic E-state index is 11.1. The lowest BCUT2D eigenvalue weighted by Gasteiger charge is -2.46. The summed E-state index contributed by atoms with van der Waals surface area (Å²) in [6.07, 6.45) is 31.7. The minimum atomic E-state index is -0.846. The molecule has 240 valence electrons. The molecule has 4 fully saturated rings. The van der Waals surface area contributed by atoms with Crippen molar-refractivity contribution >= 4 is 0 Å². The third kappa shape index (κ3) is 7.15. The van der Waals surface area contributed by atoms with Crippen molar-refractivity contribution in [2.24, 2.45) is 16.7 Å². The molecule has 0 aromatic heterocycles. The first kappa shape index (κ1) is 34.4. The first-order valence-corrected chi connectivity index (χ1v) is 16.3. The number of fused-ring (bicyclic) bond motifs is 3. The molecule has 2 N–H and O–H groups in total. The smallest absolute Gasteiger partial charge is 0.120 e. The van der Waals surface area contributed by atoms with Gasteiger partial charge in [0.15, 0.2) is 0 Å². The monoisotopic (exact) mass is 600 g/mol. The standard InChI is InChI=1S/C40H56O4/c1-28(17-13-19-30(3)21-22-34-36(5,6)27-33(41)35-39(34,10)44-35)15-11-12-16-29(2)18-14-20-31(4)23-24-40-37(7,8)25-32(43-40)26-38(40,9)42/h11-24,32-35,41-42H,25-27H2,1-10H3/b12-11+,17-13+,18-14+,22-21+,24-23+,28-15+,29-16+,30-19+,31-20+/t32-,33-,34-,35?,38+,39+,40+/m0/s1. The molecule has 4 nitrogen and oxygen atoms in total. The predicted molar refractivity (Wildman–Crippen MR) is 183 cm³/mol. The number of aliphatic hydroxyl groups excluding tert-OH is 1. The lowest BCUT2D eigenvalue weighted by molar-refractivity contribution is -0.115. The van der Waals surface area contributed by atoms with Crippen LogP contribution in [0.15, 0.2) is 107 Å². The van der Waals surface area contributed by atoms with Crippen LogP contribution in [-0.2, 0) is 9.47 Å². The van der Waals surface area contributed by atoms with Gasteiger partial charge in [-0.25, -0.2) is 0 Å². The Hall–Kier alpha value is -2.50. The van der Waals surface area contributed by atoms with Crippen molar-refractivity contribution in [2.75, 3.05) is 0 Å². The van der Waals surface area contributed by atoms with Gasteiger partial charge in [-0.15, -0.1) is 0 Å². The molecular weight excluding hydrogens is 544 g/mol. The summed E-state index contributed by atoms with van der Waals surface area (Å²) < 4.78 is 12.2.